The number of hydrogen-bond donors (Lipinski definition) is 2. The highest BCUT2D eigenvalue weighted by Gasteiger charge is 2.34. The number of aromatic amines is 1. The van der Waals surface area contributed by atoms with Crippen molar-refractivity contribution in [2.45, 2.75) is 30.6 Å². The van der Waals surface area contributed by atoms with Gasteiger partial charge in [0.2, 0.25) is 5.91 Å². The summed E-state index contributed by atoms with van der Waals surface area (Å²) in [5.41, 5.74) is 1.24. The topological polar surface area (TPSA) is 83.8 Å². The Hall–Kier alpha value is -3.27. The molecule has 6 nitrogen and oxygen atoms in total. The van der Waals surface area contributed by atoms with E-state index in [4.69, 9.17) is 4.42 Å². The highest BCUT2D eigenvalue weighted by molar-refractivity contribution is 7.99. The van der Waals surface area contributed by atoms with Gasteiger partial charge in [-0.3, -0.25) is 4.79 Å². The molecule has 0 bridgehead atoms. The minimum Gasteiger partial charge on any atom is -0.463 e. The summed E-state index contributed by atoms with van der Waals surface area (Å²) in [6.45, 7) is 0.511. The average molecular weight is 475 g/mol. The molecule has 0 atom stereocenters. The predicted octanol–water partition coefficient (Wildman–Crippen LogP) is 5.47. The van der Waals surface area contributed by atoms with Gasteiger partial charge in [0.15, 0.2) is 10.9 Å². The smallest absolute Gasteiger partial charge is 0.433 e. The zero-order valence-corrected chi connectivity index (χ0v) is 18.3. The number of carbonyl (C=O) groups is 1. The molecule has 0 radical (unpaired) electrons. The van der Waals surface area contributed by atoms with E-state index in [1.54, 1.807) is 6.07 Å². The van der Waals surface area contributed by atoms with E-state index in [-0.39, 0.29) is 28.9 Å². The SMILES string of the molecule is O=C(CCCSc1nc(-c2ccco2)cc(C(F)(F)F)n1)NCCc1c[nH]c2ccccc12. The van der Waals surface area contributed by atoms with Crippen LogP contribution >= 0.6 is 11.8 Å². The number of nitrogens with one attached hydrogen (secondary N) is 2. The van der Waals surface area contributed by atoms with E-state index >= 15 is 0 Å². The Morgan fingerprint density at radius 2 is 2.00 bits per heavy atom. The second kappa shape index (κ2) is 10.1. The maximum atomic E-state index is 13.2. The number of aromatic nitrogens is 3. The van der Waals surface area contributed by atoms with E-state index in [9.17, 15) is 18.0 Å². The molecule has 4 aromatic rings. The van der Waals surface area contributed by atoms with Crippen LogP contribution in [0.15, 0.2) is 64.5 Å². The second-order valence-electron chi connectivity index (χ2n) is 7.31. The molecule has 0 aliphatic rings. The lowest BCUT2D eigenvalue weighted by atomic mass is 10.1. The van der Waals surface area contributed by atoms with Crippen LogP contribution in [-0.4, -0.2) is 33.2 Å². The van der Waals surface area contributed by atoms with Gasteiger partial charge in [-0.1, -0.05) is 30.0 Å². The van der Waals surface area contributed by atoms with Crippen molar-refractivity contribution in [1.29, 1.82) is 0 Å². The van der Waals surface area contributed by atoms with Gasteiger partial charge in [0.05, 0.1) is 6.26 Å². The van der Waals surface area contributed by atoms with E-state index in [2.05, 4.69) is 20.3 Å². The van der Waals surface area contributed by atoms with Crippen LogP contribution in [0.4, 0.5) is 13.2 Å². The molecule has 0 saturated carbocycles. The molecule has 3 heterocycles. The van der Waals surface area contributed by atoms with Gasteiger partial charge in [-0.05, 0) is 42.7 Å². The van der Waals surface area contributed by atoms with Crippen LogP contribution < -0.4 is 5.32 Å². The Kier molecular flexibility index (Phi) is 7.02. The molecule has 0 saturated heterocycles. The largest absolute Gasteiger partial charge is 0.463 e. The minimum atomic E-state index is -4.59. The van der Waals surface area contributed by atoms with Crippen molar-refractivity contribution < 1.29 is 22.4 Å². The number of H-pyrrole nitrogens is 1. The lowest BCUT2D eigenvalue weighted by molar-refractivity contribution is -0.141. The number of furan rings is 1. The van der Waals surface area contributed by atoms with Crippen molar-refractivity contribution in [2.24, 2.45) is 0 Å². The molecule has 0 unspecified atom stereocenters. The van der Waals surface area contributed by atoms with Crippen molar-refractivity contribution in [3.05, 3.63) is 66.2 Å². The van der Waals surface area contributed by atoms with Gasteiger partial charge < -0.3 is 14.7 Å². The summed E-state index contributed by atoms with van der Waals surface area (Å²) in [6.07, 6.45) is 0.181. The van der Waals surface area contributed by atoms with E-state index in [1.165, 1.54) is 12.3 Å². The maximum absolute atomic E-state index is 13.2. The molecular formula is C23H21F3N4O2S. The molecule has 172 valence electrons. The van der Waals surface area contributed by atoms with Crippen LogP contribution in [0, 0.1) is 0 Å². The number of rotatable bonds is 9. The Morgan fingerprint density at radius 1 is 1.15 bits per heavy atom. The van der Waals surface area contributed by atoms with E-state index in [1.807, 2.05) is 30.5 Å². The molecule has 33 heavy (non-hydrogen) atoms. The van der Waals surface area contributed by atoms with E-state index in [0.29, 0.717) is 25.1 Å². The standard InChI is InChI=1S/C23H21F3N4O2S/c24-23(25,26)20-13-18(19-7-3-11-32-19)29-22(30-20)33-12-4-8-21(31)27-10-9-15-14-28-17-6-2-1-5-16(15)17/h1-3,5-7,11,13-14,28H,4,8-10,12H2,(H,27,31). The van der Waals surface area contributed by atoms with Gasteiger partial charge in [0, 0.05) is 35.8 Å². The number of para-hydroxylation sites is 1. The lowest BCUT2D eigenvalue weighted by Crippen LogP contribution is -2.25. The Morgan fingerprint density at radius 3 is 2.79 bits per heavy atom. The van der Waals surface area contributed by atoms with Gasteiger partial charge >= 0.3 is 6.18 Å². The number of hydrogen-bond acceptors (Lipinski definition) is 5. The van der Waals surface area contributed by atoms with E-state index in [0.717, 1.165) is 34.3 Å². The molecule has 2 N–H and O–H groups in total. The quantitative estimate of drug-likeness (QED) is 0.191. The zero-order valence-electron chi connectivity index (χ0n) is 17.5. The minimum absolute atomic E-state index is 0.00373. The lowest BCUT2D eigenvalue weighted by Gasteiger charge is -2.09. The molecule has 0 aliphatic carbocycles. The second-order valence-corrected chi connectivity index (χ2v) is 8.37. The van der Waals surface area contributed by atoms with Gasteiger partial charge in [0.25, 0.3) is 0 Å². The van der Waals surface area contributed by atoms with Crippen LogP contribution in [0.1, 0.15) is 24.1 Å². The average Bonchev–Trinajstić information content (AvgIpc) is 3.47. The summed E-state index contributed by atoms with van der Waals surface area (Å²) in [6, 6.07) is 12.0. The fourth-order valence-corrected chi connectivity index (χ4v) is 4.14. The molecular weight excluding hydrogens is 453 g/mol. The third-order valence-corrected chi connectivity index (χ3v) is 5.87. The first-order chi connectivity index (χ1) is 15.9. The zero-order chi connectivity index (χ0) is 23.3. The fourth-order valence-electron chi connectivity index (χ4n) is 3.35. The highest BCUT2D eigenvalue weighted by Crippen LogP contribution is 2.32. The number of nitrogens with zero attached hydrogens (tertiary/aromatic N) is 2. The predicted molar refractivity (Wildman–Crippen MR) is 120 cm³/mol. The van der Waals surface area contributed by atoms with E-state index < -0.39 is 11.9 Å². The number of amides is 1. The molecule has 1 aromatic carbocycles. The molecule has 3 aromatic heterocycles. The summed E-state index contributed by atoms with van der Waals surface area (Å²) in [5.74, 6) is 0.547. The highest BCUT2D eigenvalue weighted by atomic mass is 32.2. The first kappa shape index (κ1) is 22.9. The third kappa shape index (κ3) is 5.95. The van der Waals surface area contributed by atoms with Gasteiger partial charge in [-0.25, -0.2) is 9.97 Å². The number of fused-ring (bicyclic) bond motifs is 1. The van der Waals surface area contributed by atoms with Gasteiger partial charge in [-0.2, -0.15) is 13.2 Å². The Labute approximate surface area is 192 Å². The molecule has 1 amide bonds. The number of thioether (sulfide) groups is 1. The fraction of sp³-hybridized carbons (Fsp3) is 0.261. The molecule has 10 heteroatoms. The number of carbonyl (C=O) groups excluding carboxylic acids is 1. The summed E-state index contributed by atoms with van der Waals surface area (Å²) in [5, 5.41) is 4.02. The van der Waals surface area contributed by atoms with Crippen LogP contribution in [0.5, 0.6) is 0 Å². The maximum Gasteiger partial charge on any atom is 0.433 e. The van der Waals surface area contributed by atoms with Gasteiger partial charge in [0.1, 0.15) is 11.4 Å². The molecule has 0 fully saturated rings. The first-order valence-corrected chi connectivity index (χ1v) is 11.3. The number of alkyl halides is 3. The normalized spacial score (nSPS) is 11.7. The van der Waals surface area contributed by atoms with Crippen molar-refractivity contribution in [3.63, 3.8) is 0 Å². The number of halogens is 3. The molecule has 0 aliphatic heterocycles. The molecule has 0 spiro atoms. The van der Waals surface area contributed by atoms with Crippen molar-refractivity contribution in [2.75, 3.05) is 12.3 Å². The van der Waals surface area contributed by atoms with Crippen molar-refractivity contribution >= 4 is 28.6 Å². The monoisotopic (exact) mass is 474 g/mol. The summed E-state index contributed by atoms with van der Waals surface area (Å²) < 4.78 is 44.8. The van der Waals surface area contributed by atoms with Crippen LogP contribution in [0.3, 0.4) is 0 Å². The molecule has 4 rings (SSSR count). The van der Waals surface area contributed by atoms with Crippen LogP contribution in [0.25, 0.3) is 22.4 Å². The Balaban J connectivity index is 1.25. The number of benzene rings is 1. The van der Waals surface area contributed by atoms with Gasteiger partial charge in [-0.15, -0.1) is 0 Å². The first-order valence-electron chi connectivity index (χ1n) is 10.3. The summed E-state index contributed by atoms with van der Waals surface area (Å²) in [4.78, 5) is 23.1. The van der Waals surface area contributed by atoms with Crippen molar-refractivity contribution in [3.8, 4) is 11.5 Å². The van der Waals surface area contributed by atoms with Crippen LogP contribution in [-0.2, 0) is 17.4 Å². The summed E-state index contributed by atoms with van der Waals surface area (Å²) >= 11 is 1.08. The van der Waals surface area contributed by atoms with Crippen LogP contribution in [0.2, 0.25) is 0 Å². The van der Waals surface area contributed by atoms with Crippen molar-refractivity contribution in [1.82, 2.24) is 20.3 Å². The third-order valence-electron chi connectivity index (χ3n) is 4.94. The Bertz CT molecular complexity index is 1220. The summed E-state index contributed by atoms with van der Waals surface area (Å²) in [7, 11) is 0.